The molecule has 1 heterocycles. The number of aromatic nitrogens is 3. The first-order valence-corrected chi connectivity index (χ1v) is 6.19. The molecule has 1 aromatic carbocycles. The highest BCUT2D eigenvalue weighted by atomic mass is 19.4. The zero-order valence-electron chi connectivity index (χ0n) is 11.2. The number of hydrogen-bond acceptors (Lipinski definition) is 3. The molecule has 0 spiro atoms. The number of nitrogens with one attached hydrogen (secondary N) is 2. The molecular formula is C13H13F3N4O. The van der Waals surface area contributed by atoms with Gasteiger partial charge in [0, 0.05) is 6.42 Å². The summed E-state index contributed by atoms with van der Waals surface area (Å²) in [6.45, 7) is 1.96. The van der Waals surface area contributed by atoms with Crippen molar-refractivity contribution in [2.75, 3.05) is 5.32 Å². The van der Waals surface area contributed by atoms with E-state index < -0.39 is 17.9 Å². The number of carbonyl (C=O) groups is 1. The van der Waals surface area contributed by atoms with Gasteiger partial charge >= 0.3 is 6.18 Å². The van der Waals surface area contributed by atoms with Crippen LogP contribution in [0.4, 0.5) is 19.1 Å². The van der Waals surface area contributed by atoms with E-state index in [0.717, 1.165) is 11.1 Å². The predicted molar refractivity (Wildman–Crippen MR) is 69.5 cm³/mol. The van der Waals surface area contributed by atoms with Gasteiger partial charge in [0.1, 0.15) is 0 Å². The monoisotopic (exact) mass is 298 g/mol. The Morgan fingerprint density at radius 3 is 2.52 bits per heavy atom. The van der Waals surface area contributed by atoms with Gasteiger partial charge in [-0.05, 0) is 18.9 Å². The molecule has 0 saturated heterocycles. The Bertz CT molecular complexity index is 619. The summed E-state index contributed by atoms with van der Waals surface area (Å²) in [4.78, 5) is 14.8. The quantitative estimate of drug-likeness (QED) is 0.911. The first-order valence-electron chi connectivity index (χ1n) is 6.19. The third-order valence-corrected chi connectivity index (χ3v) is 2.77. The van der Waals surface area contributed by atoms with Gasteiger partial charge in [-0.25, -0.2) is 0 Å². The minimum Gasteiger partial charge on any atom is -0.293 e. The minimum absolute atomic E-state index is 0.138. The topological polar surface area (TPSA) is 70.7 Å². The zero-order valence-corrected chi connectivity index (χ0v) is 11.2. The van der Waals surface area contributed by atoms with Gasteiger partial charge in [-0.15, -0.1) is 5.10 Å². The van der Waals surface area contributed by atoms with Crippen molar-refractivity contribution in [2.45, 2.75) is 25.9 Å². The van der Waals surface area contributed by atoms with Crippen LogP contribution in [0.5, 0.6) is 0 Å². The van der Waals surface area contributed by atoms with E-state index in [1.54, 1.807) is 5.10 Å². The van der Waals surface area contributed by atoms with Gasteiger partial charge in [0.05, 0.1) is 0 Å². The molecule has 0 radical (unpaired) electrons. The highest BCUT2D eigenvalue weighted by molar-refractivity contribution is 5.89. The summed E-state index contributed by atoms with van der Waals surface area (Å²) in [5.41, 5.74) is 2.09. The van der Waals surface area contributed by atoms with Crippen molar-refractivity contribution in [1.29, 1.82) is 0 Å². The number of anilines is 1. The molecule has 2 rings (SSSR count). The number of carbonyl (C=O) groups excluding carboxylic acids is 1. The highest BCUT2D eigenvalue weighted by Gasteiger charge is 2.35. The van der Waals surface area contributed by atoms with Crippen molar-refractivity contribution in [3.63, 3.8) is 0 Å². The maximum absolute atomic E-state index is 12.3. The number of hydrogen-bond donors (Lipinski definition) is 2. The van der Waals surface area contributed by atoms with Crippen molar-refractivity contribution in [3.8, 4) is 0 Å². The Morgan fingerprint density at radius 2 is 1.95 bits per heavy atom. The van der Waals surface area contributed by atoms with Crippen molar-refractivity contribution in [1.82, 2.24) is 15.2 Å². The van der Waals surface area contributed by atoms with Gasteiger partial charge in [0.15, 0.2) is 0 Å². The fourth-order valence-corrected chi connectivity index (χ4v) is 1.64. The smallest absolute Gasteiger partial charge is 0.293 e. The van der Waals surface area contributed by atoms with E-state index in [-0.39, 0.29) is 12.4 Å². The molecule has 0 saturated carbocycles. The summed E-state index contributed by atoms with van der Waals surface area (Å²) in [7, 11) is 0. The summed E-state index contributed by atoms with van der Waals surface area (Å²) in [5, 5.41) is 7.26. The van der Waals surface area contributed by atoms with Crippen LogP contribution in [0.25, 0.3) is 0 Å². The maximum Gasteiger partial charge on any atom is 0.451 e. The Balaban J connectivity index is 1.87. The van der Waals surface area contributed by atoms with Gasteiger partial charge in [-0.3, -0.25) is 15.2 Å². The number of H-pyrrole nitrogens is 1. The molecule has 0 aliphatic rings. The second kappa shape index (κ2) is 5.94. The third-order valence-electron chi connectivity index (χ3n) is 2.77. The van der Waals surface area contributed by atoms with E-state index in [4.69, 9.17) is 0 Å². The molecule has 5 nitrogen and oxygen atoms in total. The molecule has 2 N–H and O–H groups in total. The van der Waals surface area contributed by atoms with Gasteiger partial charge < -0.3 is 0 Å². The summed E-state index contributed by atoms with van der Waals surface area (Å²) in [6.07, 6.45) is -3.99. The number of amides is 1. The molecule has 112 valence electrons. The second-order valence-corrected chi connectivity index (χ2v) is 4.54. The lowest BCUT2D eigenvalue weighted by molar-refractivity contribution is -0.144. The number of nitrogens with zero attached hydrogens (tertiary/aromatic N) is 2. The van der Waals surface area contributed by atoms with E-state index in [1.807, 2.05) is 31.2 Å². The van der Waals surface area contributed by atoms with Crippen molar-refractivity contribution in [3.05, 3.63) is 41.2 Å². The first kappa shape index (κ1) is 15.0. The fraction of sp³-hybridized carbons (Fsp3) is 0.308. The van der Waals surface area contributed by atoms with E-state index in [2.05, 4.69) is 15.4 Å². The lowest BCUT2D eigenvalue weighted by Gasteiger charge is -2.02. The first-order chi connectivity index (χ1) is 9.84. The molecule has 8 heteroatoms. The number of halogens is 3. The van der Waals surface area contributed by atoms with Crippen LogP contribution in [-0.2, 0) is 17.4 Å². The zero-order chi connectivity index (χ0) is 15.5. The molecule has 1 amide bonds. The standard InChI is InChI=1S/C13H13F3N4O/c1-8-2-4-9(5-3-8)6-7-10(21)17-12-18-11(19-20-12)13(14,15)16/h2-5H,6-7H2,1H3,(H2,17,18,19,20,21). The van der Waals surface area contributed by atoms with Gasteiger partial charge in [-0.1, -0.05) is 29.8 Å². The van der Waals surface area contributed by atoms with Gasteiger partial charge in [0.2, 0.25) is 17.7 Å². The Morgan fingerprint density at radius 1 is 1.29 bits per heavy atom. The van der Waals surface area contributed by atoms with Crippen LogP contribution in [-0.4, -0.2) is 21.1 Å². The molecule has 1 aromatic heterocycles. The molecular weight excluding hydrogens is 285 g/mol. The van der Waals surface area contributed by atoms with E-state index in [1.165, 1.54) is 0 Å². The number of rotatable bonds is 4. The maximum atomic E-state index is 12.3. The summed E-state index contributed by atoms with van der Waals surface area (Å²) in [5.74, 6) is -2.06. The molecule has 0 aliphatic carbocycles. The van der Waals surface area contributed by atoms with E-state index >= 15 is 0 Å². The van der Waals surface area contributed by atoms with Crippen LogP contribution in [0.15, 0.2) is 24.3 Å². The van der Waals surface area contributed by atoms with Crippen LogP contribution >= 0.6 is 0 Å². The Labute approximate surface area is 118 Å². The average molecular weight is 298 g/mol. The lowest BCUT2D eigenvalue weighted by atomic mass is 10.1. The minimum atomic E-state index is -4.61. The molecule has 21 heavy (non-hydrogen) atoms. The summed E-state index contributed by atoms with van der Waals surface area (Å²) < 4.78 is 36.9. The number of benzene rings is 1. The Hall–Kier alpha value is -2.38. The summed E-state index contributed by atoms with van der Waals surface area (Å²) >= 11 is 0. The molecule has 0 unspecified atom stereocenters. The van der Waals surface area contributed by atoms with Crippen molar-refractivity contribution >= 4 is 11.9 Å². The molecule has 0 aliphatic heterocycles. The number of alkyl halides is 3. The van der Waals surface area contributed by atoms with Crippen LogP contribution in [0.3, 0.4) is 0 Å². The molecule has 0 bridgehead atoms. The molecule has 0 fully saturated rings. The predicted octanol–water partition coefficient (Wildman–Crippen LogP) is 2.70. The molecule has 2 aromatic rings. The summed E-state index contributed by atoms with van der Waals surface area (Å²) in [6, 6.07) is 7.66. The fourth-order valence-electron chi connectivity index (χ4n) is 1.64. The third kappa shape index (κ3) is 4.30. The van der Waals surface area contributed by atoms with Crippen LogP contribution in [0, 0.1) is 6.92 Å². The second-order valence-electron chi connectivity index (χ2n) is 4.54. The SMILES string of the molecule is Cc1ccc(CCC(=O)Nc2n[nH]c(C(F)(F)F)n2)cc1. The largest absolute Gasteiger partial charge is 0.451 e. The Kier molecular flexibility index (Phi) is 4.25. The highest BCUT2D eigenvalue weighted by Crippen LogP contribution is 2.26. The lowest BCUT2D eigenvalue weighted by Crippen LogP contribution is -2.14. The van der Waals surface area contributed by atoms with Gasteiger partial charge in [0.25, 0.3) is 0 Å². The number of aromatic amines is 1. The normalized spacial score (nSPS) is 11.4. The number of aryl methyl sites for hydroxylation is 2. The van der Waals surface area contributed by atoms with Crippen LogP contribution in [0.2, 0.25) is 0 Å². The van der Waals surface area contributed by atoms with Crippen molar-refractivity contribution in [2.24, 2.45) is 0 Å². The average Bonchev–Trinajstić information content (AvgIpc) is 2.86. The van der Waals surface area contributed by atoms with Crippen molar-refractivity contribution < 1.29 is 18.0 Å². The van der Waals surface area contributed by atoms with E-state index in [9.17, 15) is 18.0 Å². The molecule has 0 atom stereocenters. The van der Waals surface area contributed by atoms with E-state index in [0.29, 0.717) is 6.42 Å². The van der Waals surface area contributed by atoms with Gasteiger partial charge in [-0.2, -0.15) is 18.2 Å². The van der Waals surface area contributed by atoms with Crippen LogP contribution in [0.1, 0.15) is 23.4 Å². The van der Waals surface area contributed by atoms with Crippen LogP contribution < -0.4 is 5.32 Å².